The van der Waals surface area contributed by atoms with Crippen LogP contribution >= 0.6 is 11.6 Å². The molecule has 1 amide bonds. The highest BCUT2D eigenvalue weighted by atomic mass is 35.5. The molecule has 128 valence electrons. The molecule has 0 aliphatic carbocycles. The third-order valence-electron chi connectivity index (χ3n) is 3.31. The van der Waals surface area contributed by atoms with E-state index in [9.17, 15) is 4.79 Å². The van der Waals surface area contributed by atoms with Gasteiger partial charge in [-0.3, -0.25) is 9.48 Å². The molecule has 1 aromatic heterocycles. The van der Waals surface area contributed by atoms with E-state index in [1.807, 2.05) is 16.9 Å². The van der Waals surface area contributed by atoms with Crippen molar-refractivity contribution in [2.75, 3.05) is 20.8 Å². The molecule has 0 aliphatic heterocycles. The normalized spacial score (nSPS) is 10.8. The first-order valence-electron chi connectivity index (χ1n) is 7.49. The van der Waals surface area contributed by atoms with E-state index in [-0.39, 0.29) is 5.91 Å². The van der Waals surface area contributed by atoms with Crippen LogP contribution < -0.4 is 14.8 Å². The van der Waals surface area contributed by atoms with Gasteiger partial charge in [0.2, 0.25) is 5.91 Å². The quantitative estimate of drug-likeness (QED) is 0.588. The second-order valence-electron chi connectivity index (χ2n) is 4.99. The molecule has 1 heterocycles. The van der Waals surface area contributed by atoms with E-state index in [4.69, 9.17) is 21.1 Å². The number of ether oxygens (including phenoxy) is 2. The number of amides is 1. The number of carbonyl (C=O) groups is 1. The lowest BCUT2D eigenvalue weighted by Crippen LogP contribution is -2.23. The molecule has 1 N–H and O–H groups in total. The number of aromatic nitrogens is 2. The van der Waals surface area contributed by atoms with E-state index in [1.165, 1.54) is 20.3 Å². The molecule has 0 spiro atoms. The average Bonchev–Trinajstić information content (AvgIpc) is 3.09. The minimum absolute atomic E-state index is 0.165. The molecule has 0 aliphatic rings. The molecule has 0 fully saturated rings. The summed E-state index contributed by atoms with van der Waals surface area (Å²) in [7, 11) is 3.06. The van der Waals surface area contributed by atoms with Gasteiger partial charge in [0.15, 0.2) is 11.5 Å². The molecule has 0 radical (unpaired) electrons. The van der Waals surface area contributed by atoms with Gasteiger partial charge in [0.1, 0.15) is 0 Å². The van der Waals surface area contributed by atoms with Crippen LogP contribution in [0.1, 0.15) is 12.0 Å². The summed E-state index contributed by atoms with van der Waals surface area (Å²) in [6, 6.07) is 5.34. The van der Waals surface area contributed by atoms with Gasteiger partial charge < -0.3 is 14.8 Å². The first-order valence-corrected chi connectivity index (χ1v) is 7.86. The van der Waals surface area contributed by atoms with Gasteiger partial charge in [0.25, 0.3) is 0 Å². The van der Waals surface area contributed by atoms with Crippen molar-refractivity contribution in [3.63, 3.8) is 0 Å². The Labute approximate surface area is 146 Å². The first-order chi connectivity index (χ1) is 11.6. The predicted octanol–water partition coefficient (Wildman–Crippen LogP) is 2.77. The zero-order chi connectivity index (χ0) is 17.4. The molecule has 1 aromatic carbocycles. The Kier molecular flexibility index (Phi) is 6.69. The lowest BCUT2D eigenvalue weighted by Gasteiger charge is -2.10. The largest absolute Gasteiger partial charge is 0.493 e. The first kappa shape index (κ1) is 17.9. The van der Waals surface area contributed by atoms with Crippen LogP contribution in [-0.4, -0.2) is 36.5 Å². The summed E-state index contributed by atoms with van der Waals surface area (Å²) in [5, 5.41) is 7.36. The van der Waals surface area contributed by atoms with Crippen LogP contribution in [0.3, 0.4) is 0 Å². The fourth-order valence-corrected chi connectivity index (χ4v) is 2.45. The number of nitrogens with zero attached hydrogens (tertiary/aromatic N) is 2. The van der Waals surface area contributed by atoms with E-state index in [0.29, 0.717) is 23.1 Å². The van der Waals surface area contributed by atoms with Crippen molar-refractivity contribution in [3.8, 4) is 11.5 Å². The van der Waals surface area contributed by atoms with Gasteiger partial charge in [-0.05, 0) is 36.3 Å². The maximum atomic E-state index is 11.8. The van der Waals surface area contributed by atoms with E-state index in [0.717, 1.165) is 18.5 Å². The third-order valence-corrected chi connectivity index (χ3v) is 3.59. The summed E-state index contributed by atoms with van der Waals surface area (Å²) < 4.78 is 12.2. The van der Waals surface area contributed by atoms with Crippen LogP contribution in [0.2, 0.25) is 5.02 Å². The number of hydrogen-bond acceptors (Lipinski definition) is 4. The van der Waals surface area contributed by atoms with Gasteiger partial charge in [-0.25, -0.2) is 0 Å². The number of carbonyl (C=O) groups excluding carboxylic acids is 1. The molecule has 24 heavy (non-hydrogen) atoms. The summed E-state index contributed by atoms with van der Waals surface area (Å²) in [5.74, 6) is 0.824. The Balaban J connectivity index is 1.85. The molecule has 0 bridgehead atoms. The number of halogens is 1. The van der Waals surface area contributed by atoms with Gasteiger partial charge in [-0.2, -0.15) is 5.10 Å². The van der Waals surface area contributed by atoms with Gasteiger partial charge in [-0.15, -0.1) is 0 Å². The highest BCUT2D eigenvalue weighted by Gasteiger charge is 2.09. The number of nitrogens with one attached hydrogen (secondary N) is 1. The molecule has 7 heteroatoms. The van der Waals surface area contributed by atoms with E-state index < -0.39 is 0 Å². The fraction of sp³-hybridized carbons (Fsp3) is 0.294. The van der Waals surface area contributed by atoms with E-state index >= 15 is 0 Å². The second-order valence-corrected chi connectivity index (χ2v) is 5.39. The van der Waals surface area contributed by atoms with Crippen LogP contribution in [0.25, 0.3) is 6.08 Å². The monoisotopic (exact) mass is 349 g/mol. The van der Waals surface area contributed by atoms with Gasteiger partial charge >= 0.3 is 0 Å². The molecule has 0 atom stereocenters. The minimum atomic E-state index is -0.165. The number of methoxy groups -OCH3 is 2. The molecule has 2 aromatic rings. The maximum Gasteiger partial charge on any atom is 0.244 e. The van der Waals surface area contributed by atoms with Crippen molar-refractivity contribution < 1.29 is 14.3 Å². The third kappa shape index (κ3) is 5.03. The standard InChI is InChI=1S/C17H20ClN3O3/c1-23-15-12-13(11-14(18)17(15)24-2)5-6-16(22)19-7-3-9-21-10-4-8-20-21/h4-6,8,10-12H,3,7,9H2,1-2H3,(H,19,22)/b6-5+. The summed E-state index contributed by atoms with van der Waals surface area (Å²) in [6.07, 6.45) is 7.57. The predicted molar refractivity (Wildman–Crippen MR) is 93.4 cm³/mol. The van der Waals surface area contributed by atoms with Crippen molar-refractivity contribution in [1.29, 1.82) is 0 Å². The van der Waals surface area contributed by atoms with Gasteiger partial charge in [0.05, 0.1) is 19.2 Å². The Bertz CT molecular complexity index is 699. The van der Waals surface area contributed by atoms with Gasteiger partial charge in [-0.1, -0.05) is 11.6 Å². The smallest absolute Gasteiger partial charge is 0.244 e. The Morgan fingerprint density at radius 3 is 2.88 bits per heavy atom. The summed E-state index contributed by atoms with van der Waals surface area (Å²) in [5.41, 5.74) is 0.754. The molecule has 6 nitrogen and oxygen atoms in total. The highest BCUT2D eigenvalue weighted by Crippen LogP contribution is 2.36. The van der Waals surface area contributed by atoms with Crippen molar-refractivity contribution in [3.05, 3.63) is 47.3 Å². The zero-order valence-corrected chi connectivity index (χ0v) is 14.4. The van der Waals surface area contributed by atoms with E-state index in [2.05, 4.69) is 10.4 Å². The van der Waals surface area contributed by atoms with Crippen molar-refractivity contribution in [2.24, 2.45) is 0 Å². The van der Waals surface area contributed by atoms with Crippen LogP contribution in [0.4, 0.5) is 0 Å². The zero-order valence-electron chi connectivity index (χ0n) is 13.7. The molecule has 0 saturated carbocycles. The summed E-state index contributed by atoms with van der Waals surface area (Å²) in [4.78, 5) is 11.8. The summed E-state index contributed by atoms with van der Waals surface area (Å²) in [6.45, 7) is 1.35. The minimum Gasteiger partial charge on any atom is -0.493 e. The number of rotatable bonds is 8. The summed E-state index contributed by atoms with van der Waals surface area (Å²) >= 11 is 6.13. The lowest BCUT2D eigenvalue weighted by atomic mass is 10.2. The number of hydrogen-bond donors (Lipinski definition) is 1. The van der Waals surface area contributed by atoms with Crippen LogP contribution in [-0.2, 0) is 11.3 Å². The Hall–Kier alpha value is -2.47. The molecular weight excluding hydrogens is 330 g/mol. The fourth-order valence-electron chi connectivity index (χ4n) is 2.15. The maximum absolute atomic E-state index is 11.8. The SMILES string of the molecule is COc1cc(/C=C/C(=O)NCCCn2cccn2)cc(Cl)c1OC. The van der Waals surface area contributed by atoms with E-state index in [1.54, 1.807) is 24.4 Å². The topological polar surface area (TPSA) is 65.4 Å². The molecular formula is C17H20ClN3O3. The van der Waals surface area contributed by atoms with Crippen LogP contribution in [0, 0.1) is 0 Å². The molecule has 0 saturated heterocycles. The highest BCUT2D eigenvalue weighted by molar-refractivity contribution is 6.32. The molecule has 0 unspecified atom stereocenters. The second kappa shape index (κ2) is 8.98. The van der Waals surface area contributed by atoms with Gasteiger partial charge in [0, 0.05) is 31.6 Å². The Morgan fingerprint density at radius 1 is 1.38 bits per heavy atom. The number of aryl methyl sites for hydroxylation is 1. The van der Waals surface area contributed by atoms with Crippen LogP contribution in [0.15, 0.2) is 36.7 Å². The molecule has 2 rings (SSSR count). The van der Waals surface area contributed by atoms with Crippen molar-refractivity contribution >= 4 is 23.6 Å². The number of benzene rings is 1. The average molecular weight is 350 g/mol. The lowest BCUT2D eigenvalue weighted by molar-refractivity contribution is -0.116. The van der Waals surface area contributed by atoms with Crippen molar-refractivity contribution in [1.82, 2.24) is 15.1 Å². The Morgan fingerprint density at radius 2 is 2.21 bits per heavy atom. The van der Waals surface area contributed by atoms with Crippen molar-refractivity contribution in [2.45, 2.75) is 13.0 Å². The van der Waals surface area contributed by atoms with Crippen LogP contribution in [0.5, 0.6) is 11.5 Å².